The first-order valence-corrected chi connectivity index (χ1v) is 21.3. The Hall–Kier alpha value is -4.82. The van der Waals surface area contributed by atoms with Crippen LogP contribution in [-0.2, 0) is 16.6 Å². The lowest BCUT2D eigenvalue weighted by Gasteiger charge is -2.40. The Kier molecular flexibility index (Phi) is 10.7. The number of aryl methyl sites for hydroxylation is 1. The number of aromatic nitrogens is 4. The van der Waals surface area contributed by atoms with Gasteiger partial charge >= 0.3 is 0 Å². The minimum Gasteiger partial charge on any atom is -0.341 e. The zero-order chi connectivity index (χ0) is 39.0. The number of amides is 4. The number of carbonyl (C=O) groups is 4. The maximum atomic E-state index is 13.0. The normalized spacial score (nSPS) is 21.8. The summed E-state index contributed by atoms with van der Waals surface area (Å²) in [5, 5.41) is 0. The molecule has 2 saturated carbocycles. The number of likely N-dealkylation sites (tertiary alicyclic amines) is 2. The highest BCUT2D eigenvalue weighted by molar-refractivity contribution is 5.97. The van der Waals surface area contributed by atoms with Gasteiger partial charge in [-0.2, -0.15) is 0 Å². The van der Waals surface area contributed by atoms with Crippen molar-refractivity contribution in [3.8, 4) is 0 Å². The Morgan fingerprint density at radius 3 is 1.61 bits per heavy atom. The van der Waals surface area contributed by atoms with Crippen molar-refractivity contribution in [3.05, 3.63) is 60.2 Å². The van der Waals surface area contributed by atoms with Crippen molar-refractivity contribution in [2.75, 3.05) is 78.5 Å². The molecule has 4 amide bonds. The fraction of sp³-hybridized carbons (Fsp3) is 0.581. The van der Waals surface area contributed by atoms with Crippen LogP contribution in [0.2, 0.25) is 0 Å². The molecule has 0 bridgehead atoms. The van der Waals surface area contributed by atoms with Crippen molar-refractivity contribution in [3.63, 3.8) is 0 Å². The lowest BCUT2D eigenvalue weighted by Crippen LogP contribution is -2.57. The van der Waals surface area contributed by atoms with Crippen LogP contribution in [0.5, 0.6) is 0 Å². The van der Waals surface area contributed by atoms with Crippen LogP contribution in [0.3, 0.4) is 0 Å². The summed E-state index contributed by atoms with van der Waals surface area (Å²) in [5.74, 6) is 0.902. The number of nitrogens with one attached hydrogen (secondary N) is 1. The van der Waals surface area contributed by atoms with Crippen LogP contribution in [0, 0.1) is 11.8 Å². The number of para-hydroxylation sites is 4. The fourth-order valence-electron chi connectivity index (χ4n) is 9.35. The molecule has 1 N–H and O–H groups in total. The van der Waals surface area contributed by atoms with Crippen LogP contribution in [0.25, 0.3) is 22.1 Å². The standard InChI is InChI=1S/C22H29N5O2.C21H27N5O2/c1-24-19-9-3-2-8-18(19)23-20(24)22(29)27-14-16(15-27)21(28)26-11-5-10-25(12-13-26)17-6-4-7-17;27-20(25-10-4-9-24(11-12-25)16-5-3-6-16)15-13-26(14-15)21(28)19-22-17-7-1-2-8-18(17)23-19/h2-3,8-9,16-17H,4-7,10-15H2,1H3;1-2,7-8,15-16H,3-6,9-14H2,(H,22,23). The number of nitrogens with zero attached hydrogens (tertiary/aromatic N) is 9. The summed E-state index contributed by atoms with van der Waals surface area (Å²) in [4.78, 5) is 76.0. The van der Waals surface area contributed by atoms with Gasteiger partial charge in [0.05, 0.1) is 33.9 Å². The molecule has 0 atom stereocenters. The molecule has 57 heavy (non-hydrogen) atoms. The number of aromatic amines is 1. The molecule has 4 aromatic rings. The topological polar surface area (TPSA) is 134 Å². The van der Waals surface area contributed by atoms with E-state index in [1.807, 2.05) is 69.9 Å². The molecule has 0 spiro atoms. The van der Waals surface area contributed by atoms with Crippen LogP contribution >= 0.6 is 0 Å². The summed E-state index contributed by atoms with van der Waals surface area (Å²) >= 11 is 0. The van der Waals surface area contributed by atoms with Gasteiger partial charge in [0.1, 0.15) is 0 Å². The van der Waals surface area contributed by atoms with Crippen molar-refractivity contribution in [2.24, 2.45) is 18.9 Å². The number of fused-ring (bicyclic) bond motifs is 2. The van der Waals surface area contributed by atoms with E-state index >= 15 is 0 Å². The van der Waals surface area contributed by atoms with Crippen molar-refractivity contribution in [2.45, 2.75) is 63.5 Å². The summed E-state index contributed by atoms with van der Waals surface area (Å²) < 4.78 is 1.84. The highest BCUT2D eigenvalue weighted by Gasteiger charge is 2.41. The first-order chi connectivity index (χ1) is 27.8. The van der Waals surface area contributed by atoms with Crippen LogP contribution in [0.1, 0.15) is 72.6 Å². The van der Waals surface area contributed by atoms with Crippen molar-refractivity contribution in [1.29, 1.82) is 0 Å². The summed E-state index contributed by atoms with van der Waals surface area (Å²) in [5.41, 5.74) is 3.43. The monoisotopic (exact) mass is 776 g/mol. The predicted octanol–water partition coefficient (Wildman–Crippen LogP) is 3.45. The Morgan fingerprint density at radius 1 is 0.561 bits per heavy atom. The zero-order valence-electron chi connectivity index (χ0n) is 33.2. The van der Waals surface area contributed by atoms with Gasteiger partial charge in [-0.25, -0.2) is 9.97 Å². The van der Waals surface area contributed by atoms with E-state index in [4.69, 9.17) is 0 Å². The Bertz CT molecular complexity index is 2080. The molecule has 4 saturated heterocycles. The van der Waals surface area contributed by atoms with Crippen LogP contribution < -0.4 is 0 Å². The number of hydrogen-bond acceptors (Lipinski definition) is 8. The quantitative estimate of drug-likeness (QED) is 0.315. The van der Waals surface area contributed by atoms with E-state index in [9.17, 15) is 19.2 Å². The van der Waals surface area contributed by atoms with Gasteiger partial charge < -0.3 is 29.2 Å². The van der Waals surface area contributed by atoms with E-state index in [1.54, 1.807) is 9.80 Å². The molecule has 2 aliphatic carbocycles. The van der Waals surface area contributed by atoms with E-state index in [1.165, 1.54) is 38.5 Å². The van der Waals surface area contributed by atoms with Gasteiger partial charge in [-0.15, -0.1) is 0 Å². The first kappa shape index (κ1) is 37.7. The number of imidazole rings is 2. The molecule has 2 aromatic heterocycles. The molecule has 10 rings (SSSR count). The highest BCUT2D eigenvalue weighted by Crippen LogP contribution is 2.29. The van der Waals surface area contributed by atoms with Gasteiger partial charge in [0.25, 0.3) is 11.8 Å². The number of H-pyrrole nitrogens is 1. The van der Waals surface area contributed by atoms with Gasteiger partial charge in [-0.05, 0) is 62.8 Å². The SMILES string of the molecule is Cn1c(C(=O)N2CC(C(=O)N3CCCN(C4CCC4)CC3)C2)nc2ccccc21.O=C(c1nc2ccccc2[nH]1)N1CC(C(=O)N2CCCN(C3CCC3)CC2)C1. The number of carbonyl (C=O) groups excluding carboxylic acids is 4. The van der Waals surface area contributed by atoms with Crippen LogP contribution in [0.4, 0.5) is 0 Å². The van der Waals surface area contributed by atoms with Gasteiger partial charge in [0, 0.05) is 97.7 Å². The number of hydrogen-bond donors (Lipinski definition) is 1. The lowest BCUT2D eigenvalue weighted by molar-refractivity contribution is -0.140. The minimum absolute atomic E-state index is 0.0658. The Labute approximate surface area is 334 Å². The minimum atomic E-state index is -0.118. The molecule has 302 valence electrons. The second-order valence-electron chi connectivity index (χ2n) is 17.0. The Balaban J connectivity index is 0.000000148. The summed E-state index contributed by atoms with van der Waals surface area (Å²) in [7, 11) is 1.87. The molecule has 14 heteroatoms. The largest absolute Gasteiger partial charge is 0.341 e. The molecule has 6 aliphatic rings. The van der Waals surface area contributed by atoms with E-state index in [0.29, 0.717) is 37.8 Å². The van der Waals surface area contributed by atoms with Gasteiger partial charge in [-0.1, -0.05) is 37.1 Å². The molecule has 4 aliphatic heterocycles. The zero-order valence-corrected chi connectivity index (χ0v) is 33.2. The van der Waals surface area contributed by atoms with Gasteiger partial charge in [-0.3, -0.25) is 29.0 Å². The maximum Gasteiger partial charge on any atom is 0.289 e. The summed E-state index contributed by atoms with van der Waals surface area (Å²) in [6, 6.07) is 16.9. The van der Waals surface area contributed by atoms with E-state index in [-0.39, 0.29) is 35.5 Å². The maximum absolute atomic E-state index is 13.0. The second kappa shape index (κ2) is 16.2. The predicted molar refractivity (Wildman–Crippen MR) is 216 cm³/mol. The van der Waals surface area contributed by atoms with Crippen molar-refractivity contribution < 1.29 is 19.2 Å². The van der Waals surface area contributed by atoms with Crippen molar-refractivity contribution in [1.82, 2.24) is 48.9 Å². The van der Waals surface area contributed by atoms with Crippen molar-refractivity contribution >= 4 is 45.7 Å². The average molecular weight is 777 g/mol. The lowest BCUT2D eigenvalue weighted by atomic mass is 9.91. The van der Waals surface area contributed by atoms with E-state index in [0.717, 1.165) is 99.4 Å². The molecule has 6 fully saturated rings. The second-order valence-corrected chi connectivity index (χ2v) is 17.0. The van der Waals surface area contributed by atoms with Gasteiger partial charge in [0.15, 0.2) is 11.6 Å². The molecular weight excluding hydrogens is 721 g/mol. The molecule has 0 unspecified atom stereocenters. The Morgan fingerprint density at radius 2 is 1.09 bits per heavy atom. The number of benzene rings is 2. The molecule has 14 nitrogen and oxygen atoms in total. The van der Waals surface area contributed by atoms with Crippen LogP contribution in [0.15, 0.2) is 48.5 Å². The molecule has 0 radical (unpaired) electrons. The molecular formula is C43H56N10O4. The van der Waals surface area contributed by atoms with Gasteiger partial charge in [0.2, 0.25) is 11.8 Å². The smallest absolute Gasteiger partial charge is 0.289 e. The van der Waals surface area contributed by atoms with Crippen LogP contribution in [-0.4, -0.2) is 163 Å². The molecule has 6 heterocycles. The average Bonchev–Trinajstić information content (AvgIpc) is 3.51. The first-order valence-electron chi connectivity index (χ1n) is 21.3. The van der Waals surface area contributed by atoms with E-state index in [2.05, 4.69) is 24.8 Å². The number of rotatable bonds is 6. The summed E-state index contributed by atoms with van der Waals surface area (Å²) in [6.45, 7) is 9.53. The highest BCUT2D eigenvalue weighted by atomic mass is 16.2. The third kappa shape index (κ3) is 7.65. The fourth-order valence-corrected chi connectivity index (χ4v) is 9.35. The third-order valence-corrected chi connectivity index (χ3v) is 13.5. The summed E-state index contributed by atoms with van der Waals surface area (Å²) in [6.07, 6.45) is 10.1. The van der Waals surface area contributed by atoms with E-state index < -0.39 is 0 Å². The molecule has 2 aromatic carbocycles. The third-order valence-electron chi connectivity index (χ3n) is 13.5.